The summed E-state index contributed by atoms with van der Waals surface area (Å²) >= 11 is 0. The summed E-state index contributed by atoms with van der Waals surface area (Å²) in [4.78, 5) is 26.4. The molecule has 0 radical (unpaired) electrons. The van der Waals surface area contributed by atoms with E-state index in [1.807, 2.05) is 27.7 Å². The van der Waals surface area contributed by atoms with Crippen molar-refractivity contribution >= 4 is 12.0 Å². The van der Waals surface area contributed by atoms with Gasteiger partial charge >= 0.3 is 12.0 Å². The van der Waals surface area contributed by atoms with Crippen LogP contribution in [0.5, 0.6) is 0 Å². The zero-order valence-electron chi connectivity index (χ0n) is 12.6. The Kier molecular flexibility index (Phi) is 7.44. The zero-order chi connectivity index (χ0) is 15.1. The molecule has 19 heavy (non-hydrogen) atoms. The lowest BCUT2D eigenvalue weighted by Crippen LogP contribution is -2.53. The average molecular weight is 274 g/mol. The molecule has 2 amide bonds. The molecule has 112 valence electrons. The number of nitrogens with zero attached hydrogens (tertiary/aromatic N) is 2. The molecule has 0 aromatic rings. The van der Waals surface area contributed by atoms with Crippen LogP contribution in [0.15, 0.2) is 0 Å². The number of methoxy groups -OCH3 is 1. The molecule has 0 unspecified atom stereocenters. The molecule has 0 saturated carbocycles. The fourth-order valence-corrected chi connectivity index (χ4v) is 1.69. The van der Waals surface area contributed by atoms with Gasteiger partial charge < -0.3 is 19.6 Å². The van der Waals surface area contributed by atoms with Crippen LogP contribution in [0.3, 0.4) is 0 Å². The Morgan fingerprint density at radius 2 is 1.79 bits per heavy atom. The van der Waals surface area contributed by atoms with E-state index < -0.39 is 11.5 Å². The maximum absolute atomic E-state index is 12.4. The van der Waals surface area contributed by atoms with Gasteiger partial charge in [-0.1, -0.05) is 0 Å². The number of carbonyl (C=O) groups is 2. The molecule has 6 nitrogen and oxygen atoms in total. The summed E-state index contributed by atoms with van der Waals surface area (Å²) in [6, 6.07) is -0.145. The molecule has 0 aromatic heterocycles. The minimum Gasteiger partial charge on any atom is -0.481 e. The van der Waals surface area contributed by atoms with Crippen LogP contribution in [0, 0.1) is 0 Å². The molecule has 6 heteroatoms. The predicted octanol–water partition coefficient (Wildman–Crippen LogP) is 1.65. The molecule has 0 rings (SSSR count). The van der Waals surface area contributed by atoms with Crippen LogP contribution in [0.25, 0.3) is 0 Å². The topological polar surface area (TPSA) is 70.1 Å². The van der Waals surface area contributed by atoms with Gasteiger partial charge in [0.2, 0.25) is 0 Å². The minimum atomic E-state index is -0.901. The maximum Gasteiger partial charge on any atom is 0.320 e. The van der Waals surface area contributed by atoms with Crippen LogP contribution in [0.4, 0.5) is 4.79 Å². The third-order valence-corrected chi connectivity index (χ3v) is 2.81. The van der Waals surface area contributed by atoms with Gasteiger partial charge in [-0.2, -0.15) is 0 Å². The summed E-state index contributed by atoms with van der Waals surface area (Å²) in [7, 11) is 1.59. The molecule has 0 aromatic carbocycles. The molecular formula is C13H26N2O4. The van der Waals surface area contributed by atoms with E-state index in [1.54, 1.807) is 16.9 Å². The quantitative estimate of drug-likeness (QED) is 0.766. The smallest absolute Gasteiger partial charge is 0.320 e. The van der Waals surface area contributed by atoms with Gasteiger partial charge in [-0.15, -0.1) is 0 Å². The highest BCUT2D eigenvalue weighted by molar-refractivity contribution is 5.76. The molecule has 0 heterocycles. The van der Waals surface area contributed by atoms with Crippen LogP contribution in [0.1, 0.15) is 34.1 Å². The Bertz CT molecular complexity index is 300. The lowest BCUT2D eigenvalue weighted by molar-refractivity contribution is -0.137. The average Bonchev–Trinajstić information content (AvgIpc) is 2.28. The van der Waals surface area contributed by atoms with E-state index in [2.05, 4.69) is 0 Å². The highest BCUT2D eigenvalue weighted by Gasteiger charge is 2.29. The van der Waals surface area contributed by atoms with Crippen molar-refractivity contribution in [3.8, 4) is 0 Å². The van der Waals surface area contributed by atoms with E-state index in [1.165, 1.54) is 0 Å². The first-order chi connectivity index (χ1) is 8.73. The van der Waals surface area contributed by atoms with E-state index in [-0.39, 0.29) is 19.0 Å². The van der Waals surface area contributed by atoms with Crippen molar-refractivity contribution in [2.75, 3.05) is 33.4 Å². The third-order valence-electron chi connectivity index (χ3n) is 2.81. The number of carboxylic acids is 1. The Balaban J connectivity index is 4.81. The lowest BCUT2D eigenvalue weighted by atomic mass is 10.1. The highest BCUT2D eigenvalue weighted by Crippen LogP contribution is 2.16. The molecule has 0 bridgehead atoms. The predicted molar refractivity (Wildman–Crippen MR) is 73.2 cm³/mol. The maximum atomic E-state index is 12.4. The molecule has 0 fully saturated rings. The van der Waals surface area contributed by atoms with Gasteiger partial charge in [0.05, 0.1) is 13.0 Å². The van der Waals surface area contributed by atoms with E-state index in [4.69, 9.17) is 9.84 Å². The zero-order valence-corrected chi connectivity index (χ0v) is 12.6. The van der Waals surface area contributed by atoms with Crippen molar-refractivity contribution in [1.29, 1.82) is 0 Å². The minimum absolute atomic E-state index is 0.0508. The van der Waals surface area contributed by atoms with Crippen molar-refractivity contribution in [2.24, 2.45) is 0 Å². The summed E-state index contributed by atoms with van der Waals surface area (Å²) < 4.78 is 4.98. The van der Waals surface area contributed by atoms with Crippen LogP contribution in [-0.2, 0) is 9.53 Å². The van der Waals surface area contributed by atoms with E-state index in [0.717, 1.165) is 0 Å². The van der Waals surface area contributed by atoms with E-state index >= 15 is 0 Å². The Morgan fingerprint density at radius 1 is 1.21 bits per heavy atom. The van der Waals surface area contributed by atoms with Crippen LogP contribution in [0.2, 0.25) is 0 Å². The van der Waals surface area contributed by atoms with Crippen molar-refractivity contribution < 1.29 is 19.4 Å². The number of carboxylic acid groups (broad SMARTS) is 1. The standard InChI is InChI=1S/C13H26N2O4/c1-6-14(9-10-19-5)12(18)15(13(2,3)4)8-7-11(16)17/h6-10H2,1-5H3,(H,16,17). The van der Waals surface area contributed by atoms with Crippen LogP contribution < -0.4 is 0 Å². The van der Waals surface area contributed by atoms with Crippen molar-refractivity contribution in [3.63, 3.8) is 0 Å². The second-order valence-electron chi connectivity index (χ2n) is 5.32. The number of ether oxygens (including phenoxy) is 1. The molecule has 1 N–H and O–H groups in total. The summed E-state index contributed by atoms with van der Waals surface area (Å²) in [6.07, 6.45) is -0.0508. The third kappa shape index (κ3) is 6.42. The number of amides is 2. The van der Waals surface area contributed by atoms with Crippen LogP contribution >= 0.6 is 0 Å². The first kappa shape index (κ1) is 17.7. The second-order valence-corrected chi connectivity index (χ2v) is 5.32. The van der Waals surface area contributed by atoms with Gasteiger partial charge in [-0.3, -0.25) is 4.79 Å². The van der Waals surface area contributed by atoms with Gasteiger partial charge in [0.25, 0.3) is 0 Å². The lowest BCUT2D eigenvalue weighted by Gasteiger charge is -2.39. The summed E-state index contributed by atoms with van der Waals surface area (Å²) in [5.41, 5.74) is -0.410. The van der Waals surface area contributed by atoms with Gasteiger partial charge in [-0.25, -0.2) is 4.79 Å². The number of aliphatic carboxylic acids is 1. The Hall–Kier alpha value is -1.30. The molecule has 0 atom stereocenters. The van der Waals surface area contributed by atoms with Gasteiger partial charge in [0.15, 0.2) is 0 Å². The van der Waals surface area contributed by atoms with Crippen molar-refractivity contribution in [1.82, 2.24) is 9.80 Å². The SMILES string of the molecule is CCN(CCOC)C(=O)N(CCC(=O)O)C(C)(C)C. The summed E-state index contributed by atoms with van der Waals surface area (Å²) in [6.45, 7) is 9.35. The first-order valence-corrected chi connectivity index (χ1v) is 6.51. The molecule has 0 aliphatic rings. The van der Waals surface area contributed by atoms with Crippen LogP contribution in [-0.4, -0.2) is 65.8 Å². The normalized spacial score (nSPS) is 11.2. The van der Waals surface area contributed by atoms with Crippen molar-refractivity contribution in [3.05, 3.63) is 0 Å². The van der Waals surface area contributed by atoms with Gasteiger partial charge in [-0.05, 0) is 27.7 Å². The van der Waals surface area contributed by atoms with Gasteiger partial charge in [0.1, 0.15) is 0 Å². The molecule has 0 aliphatic carbocycles. The summed E-state index contributed by atoms with van der Waals surface area (Å²) in [5, 5.41) is 8.78. The number of urea groups is 1. The molecule has 0 aliphatic heterocycles. The largest absolute Gasteiger partial charge is 0.481 e. The first-order valence-electron chi connectivity index (χ1n) is 6.51. The fraction of sp³-hybridized carbons (Fsp3) is 0.846. The summed E-state index contributed by atoms with van der Waals surface area (Å²) in [5.74, 6) is -0.901. The van der Waals surface area contributed by atoms with Crippen molar-refractivity contribution in [2.45, 2.75) is 39.7 Å². The number of hydrogen-bond donors (Lipinski definition) is 1. The van der Waals surface area contributed by atoms with Gasteiger partial charge in [0, 0.05) is 32.3 Å². The number of likely N-dealkylation sites (N-methyl/N-ethyl adjacent to an activating group) is 1. The molecule has 0 spiro atoms. The Labute approximate surface area is 115 Å². The number of hydrogen-bond acceptors (Lipinski definition) is 3. The monoisotopic (exact) mass is 274 g/mol. The fourth-order valence-electron chi connectivity index (χ4n) is 1.69. The molecule has 0 saturated heterocycles. The second kappa shape index (κ2) is 7.99. The van der Waals surface area contributed by atoms with E-state index in [0.29, 0.717) is 19.7 Å². The number of carbonyl (C=O) groups excluding carboxylic acids is 1. The Morgan fingerprint density at radius 3 is 2.16 bits per heavy atom. The number of rotatable bonds is 7. The molecular weight excluding hydrogens is 248 g/mol. The van der Waals surface area contributed by atoms with E-state index in [9.17, 15) is 9.59 Å². The highest BCUT2D eigenvalue weighted by atomic mass is 16.5.